The van der Waals surface area contributed by atoms with Gasteiger partial charge in [0.05, 0.1) is 18.8 Å². The molecule has 2 atom stereocenters. The fraction of sp³-hybridized carbons (Fsp3) is 0.565. The van der Waals surface area contributed by atoms with Gasteiger partial charge < -0.3 is 20.3 Å². The summed E-state index contributed by atoms with van der Waals surface area (Å²) in [5.41, 5.74) is 3.05. The van der Waals surface area contributed by atoms with E-state index in [1.807, 2.05) is 26.0 Å². The molecule has 190 valence electrons. The summed E-state index contributed by atoms with van der Waals surface area (Å²) in [6, 6.07) is 4.33. The Morgan fingerprint density at radius 2 is 1.91 bits per heavy atom. The summed E-state index contributed by atoms with van der Waals surface area (Å²) in [7, 11) is 0. The predicted molar refractivity (Wildman–Crippen MR) is 128 cm³/mol. The van der Waals surface area contributed by atoms with Gasteiger partial charge in [-0.2, -0.15) is 23.3 Å². The maximum Gasteiger partial charge on any atom is 0.411 e. The van der Waals surface area contributed by atoms with Crippen LogP contribution in [0.3, 0.4) is 0 Å². The molecule has 0 saturated carbocycles. The van der Waals surface area contributed by atoms with Crippen molar-refractivity contribution in [3.05, 3.63) is 29.6 Å². The van der Waals surface area contributed by atoms with Crippen molar-refractivity contribution in [3.8, 4) is 0 Å². The maximum atomic E-state index is 12.5. The van der Waals surface area contributed by atoms with Crippen LogP contribution in [-0.2, 0) is 17.7 Å². The molecule has 35 heavy (non-hydrogen) atoms. The largest absolute Gasteiger partial charge is 0.411 e. The number of aromatic nitrogens is 5. The van der Waals surface area contributed by atoms with Gasteiger partial charge in [-0.1, -0.05) is 13.0 Å². The molecular formula is C23H31F3N8O. The van der Waals surface area contributed by atoms with Crippen molar-refractivity contribution < 1.29 is 17.9 Å². The number of nitrogens with zero attached hydrogens (tertiary/aromatic N) is 6. The molecule has 1 aliphatic rings. The highest BCUT2D eigenvalue weighted by Gasteiger charge is 2.28. The number of piperazine rings is 1. The smallest absolute Gasteiger partial charge is 0.370 e. The third-order valence-electron chi connectivity index (χ3n) is 5.69. The SMILES string of the molecule is CCc1nn(CCOCC(F)(F)F)c2c(Nc3ccc(C)cn3)nc(N3C[C@@H](C)N[C@H](C)C3)nc12. The summed E-state index contributed by atoms with van der Waals surface area (Å²) in [6.45, 7) is 8.35. The van der Waals surface area contributed by atoms with Crippen LogP contribution in [0.15, 0.2) is 18.3 Å². The van der Waals surface area contributed by atoms with Gasteiger partial charge in [0.15, 0.2) is 5.82 Å². The second-order valence-corrected chi connectivity index (χ2v) is 8.98. The number of nitrogens with one attached hydrogen (secondary N) is 2. The van der Waals surface area contributed by atoms with Gasteiger partial charge >= 0.3 is 6.18 Å². The van der Waals surface area contributed by atoms with E-state index in [1.54, 1.807) is 10.9 Å². The minimum atomic E-state index is -4.37. The van der Waals surface area contributed by atoms with Crippen LogP contribution in [0, 0.1) is 6.92 Å². The Kier molecular flexibility index (Phi) is 7.41. The molecule has 0 aliphatic carbocycles. The Bertz CT molecular complexity index is 1140. The van der Waals surface area contributed by atoms with Crippen LogP contribution in [0.25, 0.3) is 11.0 Å². The van der Waals surface area contributed by atoms with Gasteiger partial charge in [-0.25, -0.2) is 9.97 Å². The molecule has 0 bridgehead atoms. The van der Waals surface area contributed by atoms with Gasteiger partial charge in [0.1, 0.15) is 23.5 Å². The van der Waals surface area contributed by atoms with Crippen molar-refractivity contribution in [3.63, 3.8) is 0 Å². The van der Waals surface area contributed by atoms with Crippen molar-refractivity contribution in [2.45, 2.75) is 58.9 Å². The quantitative estimate of drug-likeness (QED) is 0.461. The number of alkyl halides is 3. The fourth-order valence-corrected chi connectivity index (χ4v) is 4.25. The summed E-state index contributed by atoms with van der Waals surface area (Å²) in [5.74, 6) is 1.68. The van der Waals surface area contributed by atoms with E-state index in [0.29, 0.717) is 35.0 Å². The van der Waals surface area contributed by atoms with Crippen LogP contribution in [0.1, 0.15) is 32.0 Å². The second kappa shape index (κ2) is 10.3. The van der Waals surface area contributed by atoms with Crippen LogP contribution in [0.4, 0.5) is 30.8 Å². The minimum absolute atomic E-state index is 0.132. The first-order valence-corrected chi connectivity index (χ1v) is 11.8. The Morgan fingerprint density at radius 3 is 2.54 bits per heavy atom. The molecule has 3 aromatic rings. The van der Waals surface area contributed by atoms with Crippen LogP contribution >= 0.6 is 0 Å². The molecule has 9 nitrogen and oxygen atoms in total. The molecule has 12 heteroatoms. The van der Waals surface area contributed by atoms with Crippen molar-refractivity contribution >= 4 is 28.6 Å². The zero-order chi connectivity index (χ0) is 25.2. The second-order valence-electron chi connectivity index (χ2n) is 8.98. The van der Waals surface area contributed by atoms with E-state index in [9.17, 15) is 13.2 Å². The van der Waals surface area contributed by atoms with Gasteiger partial charge in [-0.05, 0) is 38.8 Å². The Hall–Kier alpha value is -2.99. The molecule has 1 aliphatic heterocycles. The number of fused-ring (bicyclic) bond motifs is 1. The standard InChI is InChI=1S/C23H31F3N8O/c1-5-17-19-20(34(32-17)8-9-35-13-23(24,25)26)21(29-18-7-6-14(2)10-27-18)31-22(30-19)33-11-15(3)28-16(4)12-33/h6-7,10,15-16,28H,5,8-9,11-13H2,1-4H3,(H,27,29,30,31)/t15-,16-/m1/s1. The lowest BCUT2D eigenvalue weighted by Gasteiger charge is -2.36. The normalized spacial score (nSPS) is 18.9. The van der Waals surface area contributed by atoms with Crippen LogP contribution in [0.5, 0.6) is 0 Å². The van der Waals surface area contributed by atoms with Crippen LogP contribution in [-0.4, -0.2) is 69.3 Å². The van der Waals surface area contributed by atoms with Gasteiger partial charge in [0.25, 0.3) is 0 Å². The Morgan fingerprint density at radius 1 is 1.17 bits per heavy atom. The van der Waals surface area contributed by atoms with Crippen molar-refractivity contribution in [1.29, 1.82) is 0 Å². The van der Waals surface area contributed by atoms with E-state index in [-0.39, 0.29) is 25.2 Å². The molecule has 3 aromatic heterocycles. The van der Waals surface area contributed by atoms with Crippen LogP contribution in [0.2, 0.25) is 0 Å². The number of pyridine rings is 1. The number of ether oxygens (including phenoxy) is 1. The number of anilines is 3. The van der Waals surface area contributed by atoms with E-state index in [0.717, 1.165) is 24.3 Å². The van der Waals surface area contributed by atoms with E-state index >= 15 is 0 Å². The molecule has 0 aromatic carbocycles. The summed E-state index contributed by atoms with van der Waals surface area (Å²) in [6.07, 6.45) is -2.01. The molecular weight excluding hydrogens is 461 g/mol. The summed E-state index contributed by atoms with van der Waals surface area (Å²) < 4.78 is 44.0. The monoisotopic (exact) mass is 492 g/mol. The zero-order valence-corrected chi connectivity index (χ0v) is 20.4. The van der Waals surface area contributed by atoms with Gasteiger partial charge in [0.2, 0.25) is 5.95 Å². The van der Waals surface area contributed by atoms with Gasteiger partial charge in [-0.15, -0.1) is 0 Å². The van der Waals surface area contributed by atoms with E-state index < -0.39 is 12.8 Å². The fourth-order valence-electron chi connectivity index (χ4n) is 4.25. The van der Waals surface area contributed by atoms with Crippen LogP contribution < -0.4 is 15.5 Å². The average Bonchev–Trinajstić information content (AvgIpc) is 3.15. The Balaban J connectivity index is 1.74. The highest BCUT2D eigenvalue weighted by atomic mass is 19.4. The van der Waals surface area contributed by atoms with E-state index in [2.05, 4.69) is 39.5 Å². The van der Waals surface area contributed by atoms with Gasteiger partial charge in [-0.3, -0.25) is 4.68 Å². The summed E-state index contributed by atoms with van der Waals surface area (Å²) in [5, 5.41) is 11.4. The van der Waals surface area contributed by atoms with Crippen molar-refractivity contribution in [1.82, 2.24) is 30.0 Å². The van der Waals surface area contributed by atoms with E-state index in [4.69, 9.17) is 14.7 Å². The molecule has 4 heterocycles. The molecule has 0 spiro atoms. The lowest BCUT2D eigenvalue weighted by molar-refractivity contribution is -0.174. The number of aryl methyl sites for hydroxylation is 2. The lowest BCUT2D eigenvalue weighted by Crippen LogP contribution is -2.54. The first-order valence-electron chi connectivity index (χ1n) is 11.8. The molecule has 0 radical (unpaired) electrons. The van der Waals surface area contributed by atoms with Crippen molar-refractivity contribution in [2.75, 3.05) is 36.5 Å². The molecule has 1 saturated heterocycles. The molecule has 0 amide bonds. The first kappa shape index (κ1) is 25.1. The van der Waals surface area contributed by atoms with E-state index in [1.165, 1.54) is 0 Å². The maximum absolute atomic E-state index is 12.5. The number of rotatable bonds is 8. The predicted octanol–water partition coefficient (Wildman–Crippen LogP) is 3.60. The summed E-state index contributed by atoms with van der Waals surface area (Å²) in [4.78, 5) is 16.3. The Labute approximate surface area is 202 Å². The topological polar surface area (TPSA) is 93.0 Å². The molecule has 1 fully saturated rings. The third-order valence-corrected chi connectivity index (χ3v) is 5.69. The number of hydrogen-bond acceptors (Lipinski definition) is 8. The minimum Gasteiger partial charge on any atom is -0.370 e. The average molecular weight is 493 g/mol. The van der Waals surface area contributed by atoms with Gasteiger partial charge in [0, 0.05) is 31.4 Å². The van der Waals surface area contributed by atoms with Crippen molar-refractivity contribution in [2.24, 2.45) is 0 Å². The number of hydrogen-bond donors (Lipinski definition) is 2. The molecule has 4 rings (SSSR count). The molecule has 2 N–H and O–H groups in total. The third kappa shape index (κ3) is 6.17. The molecule has 0 unspecified atom stereocenters. The number of halogens is 3. The zero-order valence-electron chi connectivity index (χ0n) is 20.4. The lowest BCUT2D eigenvalue weighted by atomic mass is 10.1. The summed E-state index contributed by atoms with van der Waals surface area (Å²) >= 11 is 0. The highest BCUT2D eigenvalue weighted by molar-refractivity contribution is 5.90. The first-order chi connectivity index (χ1) is 16.6. The highest BCUT2D eigenvalue weighted by Crippen LogP contribution is 2.29.